The molecule has 1 saturated heterocycles. The van der Waals surface area contributed by atoms with Crippen LogP contribution in [0.15, 0.2) is 17.1 Å². The molecule has 4 N–H and O–H groups in total. The molecule has 2 aliphatic heterocycles. The Labute approximate surface area is 143 Å². The number of anilines is 1. The Balaban J connectivity index is 2.16. The second-order valence-corrected chi connectivity index (χ2v) is 6.67. The van der Waals surface area contributed by atoms with E-state index in [1.807, 2.05) is 5.32 Å². The van der Waals surface area contributed by atoms with Crippen molar-refractivity contribution >= 4 is 28.7 Å². The standard InChI is InChI=1S/C14H13F4N3O3S/c15-8-2-5(19)1-6(9(8)16)14-4-24-10(11(17)18)7(14)3-25-12(21-14)20-13(22)23/h1-2,7,10-11H,3-4,19H2,(H,20,21)(H,22,23)/t7-,10+,14-/m1/s1. The Kier molecular flexibility index (Phi) is 4.54. The first kappa shape index (κ1) is 17.8. The van der Waals surface area contributed by atoms with E-state index in [0.717, 1.165) is 23.9 Å². The number of nitrogen functional groups attached to an aromatic ring is 1. The van der Waals surface area contributed by atoms with E-state index in [1.165, 1.54) is 0 Å². The second-order valence-electron chi connectivity index (χ2n) is 5.66. The molecule has 0 spiro atoms. The average Bonchev–Trinajstić information content (AvgIpc) is 2.90. The van der Waals surface area contributed by atoms with Crippen molar-refractivity contribution in [1.82, 2.24) is 5.32 Å². The number of halogens is 4. The molecular formula is C14H13F4N3O3S. The van der Waals surface area contributed by atoms with Gasteiger partial charge in [-0.25, -0.2) is 27.3 Å². The fourth-order valence-corrected chi connectivity index (χ4v) is 4.30. The molecule has 11 heteroatoms. The van der Waals surface area contributed by atoms with E-state index < -0.39 is 48.3 Å². The first-order valence-electron chi connectivity index (χ1n) is 7.12. The summed E-state index contributed by atoms with van der Waals surface area (Å²) in [6.07, 6.45) is -5.81. The van der Waals surface area contributed by atoms with Gasteiger partial charge < -0.3 is 15.6 Å². The minimum absolute atomic E-state index is 0.00994. The molecular weight excluding hydrogens is 366 g/mol. The number of nitrogens with one attached hydrogen (secondary N) is 1. The second kappa shape index (κ2) is 6.37. The Morgan fingerprint density at radius 3 is 2.84 bits per heavy atom. The van der Waals surface area contributed by atoms with E-state index >= 15 is 0 Å². The summed E-state index contributed by atoms with van der Waals surface area (Å²) < 4.78 is 59.9. The summed E-state index contributed by atoms with van der Waals surface area (Å²) >= 11 is 0.894. The van der Waals surface area contributed by atoms with Crippen LogP contribution in [0.1, 0.15) is 5.56 Å². The molecule has 2 heterocycles. The molecule has 0 bridgehead atoms. The van der Waals surface area contributed by atoms with E-state index in [2.05, 4.69) is 4.99 Å². The van der Waals surface area contributed by atoms with Crippen LogP contribution in [0.2, 0.25) is 0 Å². The molecule has 1 amide bonds. The van der Waals surface area contributed by atoms with E-state index in [1.54, 1.807) is 0 Å². The van der Waals surface area contributed by atoms with Crippen LogP contribution in [-0.4, -0.2) is 41.3 Å². The van der Waals surface area contributed by atoms with Crippen molar-refractivity contribution in [1.29, 1.82) is 0 Å². The van der Waals surface area contributed by atoms with Crippen LogP contribution in [0.5, 0.6) is 0 Å². The number of hydrogen-bond acceptors (Lipinski definition) is 5. The van der Waals surface area contributed by atoms with E-state index in [9.17, 15) is 22.4 Å². The number of carboxylic acid groups (broad SMARTS) is 1. The molecule has 1 aromatic carbocycles. The number of benzene rings is 1. The van der Waals surface area contributed by atoms with Crippen molar-refractivity contribution < 1.29 is 32.2 Å². The highest BCUT2D eigenvalue weighted by molar-refractivity contribution is 8.13. The topological polar surface area (TPSA) is 96.9 Å². The lowest BCUT2D eigenvalue weighted by Crippen LogP contribution is -2.45. The molecule has 136 valence electrons. The smallest absolute Gasteiger partial charge is 0.410 e. The molecule has 0 saturated carbocycles. The largest absolute Gasteiger partial charge is 0.465 e. The molecule has 3 atom stereocenters. The summed E-state index contributed by atoms with van der Waals surface area (Å²) in [6.45, 7) is -0.447. The number of rotatable bonds is 2. The molecule has 0 aliphatic carbocycles. The zero-order valence-corrected chi connectivity index (χ0v) is 13.3. The Morgan fingerprint density at radius 1 is 1.48 bits per heavy atom. The summed E-state index contributed by atoms with van der Waals surface area (Å²) in [6, 6.07) is 1.88. The van der Waals surface area contributed by atoms with E-state index in [0.29, 0.717) is 0 Å². The van der Waals surface area contributed by atoms with Crippen LogP contribution in [0.4, 0.5) is 28.0 Å². The Hall–Kier alpha value is -2.01. The summed E-state index contributed by atoms with van der Waals surface area (Å²) in [5.74, 6) is -3.51. The highest BCUT2D eigenvalue weighted by atomic mass is 32.2. The number of nitrogens with zero attached hydrogens (tertiary/aromatic N) is 1. The van der Waals surface area contributed by atoms with Gasteiger partial charge in [0.05, 0.1) is 6.61 Å². The number of nitrogens with two attached hydrogens (primary N) is 1. The zero-order valence-electron chi connectivity index (χ0n) is 12.5. The van der Waals surface area contributed by atoms with Gasteiger partial charge in [-0.3, -0.25) is 5.32 Å². The number of amidine groups is 1. The van der Waals surface area contributed by atoms with Crippen LogP contribution < -0.4 is 11.1 Å². The molecule has 2 aliphatic rings. The van der Waals surface area contributed by atoms with Gasteiger partial charge >= 0.3 is 6.09 Å². The zero-order chi connectivity index (χ0) is 18.4. The number of alkyl halides is 2. The fraction of sp³-hybridized carbons (Fsp3) is 0.429. The normalized spacial score (nSPS) is 28.6. The van der Waals surface area contributed by atoms with Crippen molar-refractivity contribution in [2.24, 2.45) is 10.9 Å². The number of amides is 1. The lowest BCUT2D eigenvalue weighted by molar-refractivity contribution is -0.0359. The minimum atomic E-state index is -2.86. The molecule has 0 unspecified atom stereocenters. The molecule has 3 rings (SSSR count). The Bertz CT molecular complexity index is 748. The fourth-order valence-electron chi connectivity index (χ4n) is 3.11. The van der Waals surface area contributed by atoms with Crippen molar-refractivity contribution in [3.8, 4) is 0 Å². The van der Waals surface area contributed by atoms with Gasteiger partial charge in [0, 0.05) is 22.9 Å². The molecule has 6 nitrogen and oxygen atoms in total. The first-order valence-corrected chi connectivity index (χ1v) is 8.10. The average molecular weight is 379 g/mol. The molecule has 0 aromatic heterocycles. The van der Waals surface area contributed by atoms with Crippen LogP contribution >= 0.6 is 11.8 Å². The van der Waals surface area contributed by atoms with E-state index in [-0.39, 0.29) is 22.2 Å². The molecule has 0 radical (unpaired) electrons. The van der Waals surface area contributed by atoms with Crippen molar-refractivity contribution in [2.75, 3.05) is 18.1 Å². The maximum Gasteiger partial charge on any atom is 0.410 e. The van der Waals surface area contributed by atoms with Gasteiger partial charge in [-0.2, -0.15) is 0 Å². The SMILES string of the molecule is Nc1cc(F)c(F)c([C@]23CO[C@H](C(F)F)[C@H]2CSC(NC(=O)O)=N3)c1. The lowest BCUT2D eigenvalue weighted by atomic mass is 9.78. The number of carbonyl (C=O) groups is 1. The van der Waals surface area contributed by atoms with Gasteiger partial charge in [0.2, 0.25) is 0 Å². The van der Waals surface area contributed by atoms with Crippen LogP contribution in [-0.2, 0) is 10.3 Å². The van der Waals surface area contributed by atoms with Gasteiger partial charge in [-0.15, -0.1) is 0 Å². The van der Waals surface area contributed by atoms with Gasteiger partial charge in [-0.1, -0.05) is 11.8 Å². The molecule has 1 fully saturated rings. The predicted octanol–water partition coefficient (Wildman–Crippen LogP) is 2.39. The van der Waals surface area contributed by atoms with Gasteiger partial charge in [0.1, 0.15) is 11.6 Å². The predicted molar refractivity (Wildman–Crippen MR) is 82.7 cm³/mol. The third kappa shape index (κ3) is 3.01. The number of thioether (sulfide) groups is 1. The quantitative estimate of drug-likeness (QED) is 0.542. The minimum Gasteiger partial charge on any atom is -0.465 e. The monoisotopic (exact) mass is 379 g/mol. The lowest BCUT2D eigenvalue weighted by Gasteiger charge is -2.36. The highest BCUT2D eigenvalue weighted by Gasteiger charge is 2.57. The Morgan fingerprint density at radius 2 is 2.20 bits per heavy atom. The number of hydrogen-bond donors (Lipinski definition) is 3. The van der Waals surface area contributed by atoms with Crippen molar-refractivity contribution in [3.05, 3.63) is 29.3 Å². The van der Waals surface area contributed by atoms with Gasteiger partial charge in [-0.05, 0) is 12.1 Å². The van der Waals surface area contributed by atoms with E-state index in [4.69, 9.17) is 15.6 Å². The first-order chi connectivity index (χ1) is 11.7. The maximum absolute atomic E-state index is 14.4. The third-order valence-electron chi connectivity index (χ3n) is 4.19. The number of fused-ring (bicyclic) bond motifs is 1. The van der Waals surface area contributed by atoms with Crippen LogP contribution in [0.3, 0.4) is 0 Å². The van der Waals surface area contributed by atoms with Crippen LogP contribution in [0.25, 0.3) is 0 Å². The highest BCUT2D eigenvalue weighted by Crippen LogP contribution is 2.50. The summed E-state index contributed by atoms with van der Waals surface area (Å²) in [4.78, 5) is 15.0. The molecule has 25 heavy (non-hydrogen) atoms. The van der Waals surface area contributed by atoms with Gasteiger partial charge in [0.15, 0.2) is 16.8 Å². The van der Waals surface area contributed by atoms with Gasteiger partial charge in [0.25, 0.3) is 6.43 Å². The molecule has 1 aromatic rings. The van der Waals surface area contributed by atoms with Crippen molar-refractivity contribution in [2.45, 2.75) is 18.1 Å². The summed E-state index contributed by atoms with van der Waals surface area (Å²) in [5, 5.41) is 10.7. The summed E-state index contributed by atoms with van der Waals surface area (Å²) in [5.41, 5.74) is 3.44. The maximum atomic E-state index is 14.4. The number of ether oxygens (including phenoxy) is 1. The van der Waals surface area contributed by atoms with Crippen molar-refractivity contribution in [3.63, 3.8) is 0 Å². The van der Waals surface area contributed by atoms with Crippen LogP contribution in [0, 0.1) is 17.6 Å². The number of aliphatic imine (C=N–C) groups is 1. The third-order valence-corrected chi connectivity index (χ3v) is 5.18. The summed E-state index contributed by atoms with van der Waals surface area (Å²) in [7, 11) is 0.